The van der Waals surface area contributed by atoms with Gasteiger partial charge in [-0.05, 0) is 79.7 Å². The standard InChI is InChI=1S/C27H36ClN3O2/c1-26-12-10-20-18(16-21(28)25-27(20,2)13-11-23(32)31(25)4)19(26)9-8-17(26)15-24(33)30(3)22-7-5-6-14-29-22/h5-7,14,17-20H,8-13,15-16H2,1-4H3/t17-,18+,19+,20+,26-,27-/m1/s1. The van der Waals surface area contributed by atoms with Gasteiger partial charge in [0.25, 0.3) is 0 Å². The fraction of sp³-hybridized carbons (Fsp3) is 0.667. The molecule has 4 aliphatic rings. The molecule has 0 bridgehead atoms. The lowest BCUT2D eigenvalue weighted by molar-refractivity contribution is -0.136. The molecule has 1 aromatic heterocycles. The molecule has 2 saturated carbocycles. The Morgan fingerprint density at radius 2 is 2.00 bits per heavy atom. The van der Waals surface area contributed by atoms with Crippen molar-refractivity contribution in [2.75, 3.05) is 19.0 Å². The molecule has 2 amide bonds. The van der Waals surface area contributed by atoms with Crippen molar-refractivity contribution in [3.05, 3.63) is 35.1 Å². The van der Waals surface area contributed by atoms with Gasteiger partial charge in [-0.25, -0.2) is 4.98 Å². The van der Waals surface area contributed by atoms with Crippen molar-refractivity contribution in [2.45, 2.75) is 65.2 Å². The van der Waals surface area contributed by atoms with E-state index in [0.717, 1.165) is 42.8 Å². The summed E-state index contributed by atoms with van der Waals surface area (Å²) in [5.74, 6) is 3.15. The van der Waals surface area contributed by atoms with Gasteiger partial charge in [0, 0.05) is 49.3 Å². The van der Waals surface area contributed by atoms with Gasteiger partial charge >= 0.3 is 0 Å². The zero-order valence-corrected chi connectivity index (χ0v) is 21.1. The van der Waals surface area contributed by atoms with Crippen LogP contribution in [0.5, 0.6) is 0 Å². The highest BCUT2D eigenvalue weighted by Gasteiger charge is 2.60. The number of amides is 2. The number of allylic oxidation sites excluding steroid dienone is 2. The molecular formula is C27H36ClN3O2. The summed E-state index contributed by atoms with van der Waals surface area (Å²) in [6.07, 6.45) is 9.31. The molecule has 0 N–H and O–H groups in total. The average molecular weight is 470 g/mol. The van der Waals surface area contributed by atoms with E-state index in [1.54, 1.807) is 11.1 Å². The Balaban J connectivity index is 1.37. The van der Waals surface area contributed by atoms with Crippen LogP contribution in [0.25, 0.3) is 0 Å². The number of pyridine rings is 1. The van der Waals surface area contributed by atoms with E-state index in [1.807, 2.05) is 37.2 Å². The number of hydrogen-bond acceptors (Lipinski definition) is 3. The van der Waals surface area contributed by atoms with Crippen LogP contribution in [0.1, 0.15) is 65.2 Å². The van der Waals surface area contributed by atoms with Crippen LogP contribution >= 0.6 is 11.6 Å². The van der Waals surface area contributed by atoms with Gasteiger partial charge < -0.3 is 4.90 Å². The van der Waals surface area contributed by atoms with Crippen LogP contribution in [0.15, 0.2) is 35.1 Å². The summed E-state index contributed by atoms with van der Waals surface area (Å²) in [6.45, 7) is 4.79. The van der Waals surface area contributed by atoms with Crippen LogP contribution < -0.4 is 4.90 Å². The van der Waals surface area contributed by atoms with Crippen molar-refractivity contribution in [3.8, 4) is 0 Å². The first-order valence-electron chi connectivity index (χ1n) is 12.5. The molecule has 33 heavy (non-hydrogen) atoms. The molecule has 3 fully saturated rings. The number of piperidine rings is 1. The summed E-state index contributed by atoms with van der Waals surface area (Å²) in [7, 11) is 3.74. The molecule has 1 aliphatic heterocycles. The van der Waals surface area contributed by atoms with Gasteiger partial charge in [0.2, 0.25) is 11.8 Å². The van der Waals surface area contributed by atoms with Crippen molar-refractivity contribution in [3.63, 3.8) is 0 Å². The SMILES string of the molecule is CN1C(=O)CC[C@@]2(C)C1=C(Cl)C[C@H]1[C@@H]3CC[C@H](CC(=O)N(C)c4ccccn4)[C@@]3(C)CC[C@@H]12. The topological polar surface area (TPSA) is 53.5 Å². The van der Waals surface area contributed by atoms with Crippen molar-refractivity contribution < 1.29 is 9.59 Å². The molecule has 0 spiro atoms. The lowest BCUT2D eigenvalue weighted by Crippen LogP contribution is -2.54. The first-order chi connectivity index (χ1) is 15.7. The summed E-state index contributed by atoms with van der Waals surface area (Å²) >= 11 is 6.94. The molecule has 0 radical (unpaired) electrons. The summed E-state index contributed by atoms with van der Waals surface area (Å²) in [5.41, 5.74) is 1.24. The van der Waals surface area contributed by atoms with Crippen molar-refractivity contribution in [2.24, 2.45) is 34.5 Å². The zero-order valence-electron chi connectivity index (χ0n) is 20.3. The maximum absolute atomic E-state index is 13.2. The molecule has 5 nitrogen and oxygen atoms in total. The highest BCUT2D eigenvalue weighted by atomic mass is 35.5. The summed E-state index contributed by atoms with van der Waals surface area (Å²) in [4.78, 5) is 33.5. The minimum absolute atomic E-state index is 0.0168. The van der Waals surface area contributed by atoms with Crippen LogP contribution in [-0.2, 0) is 9.59 Å². The third-order valence-corrected chi connectivity index (χ3v) is 10.4. The lowest BCUT2D eigenvalue weighted by Gasteiger charge is -2.59. The number of halogens is 1. The Bertz CT molecular complexity index is 994. The highest BCUT2D eigenvalue weighted by Crippen LogP contribution is 2.67. The van der Waals surface area contributed by atoms with Crippen molar-refractivity contribution >= 4 is 29.2 Å². The third-order valence-electron chi connectivity index (χ3n) is 10.0. The Labute approximate surface area is 202 Å². The summed E-state index contributed by atoms with van der Waals surface area (Å²) in [5, 5.41) is 0.896. The monoisotopic (exact) mass is 469 g/mol. The molecular weight excluding hydrogens is 434 g/mol. The van der Waals surface area contributed by atoms with E-state index in [0.29, 0.717) is 42.3 Å². The molecule has 6 heteroatoms. The lowest BCUT2D eigenvalue weighted by atomic mass is 9.49. The van der Waals surface area contributed by atoms with E-state index in [1.165, 1.54) is 6.42 Å². The van der Waals surface area contributed by atoms with Gasteiger partial charge in [0.05, 0.1) is 0 Å². The molecule has 178 valence electrons. The van der Waals surface area contributed by atoms with Crippen LogP contribution in [0.4, 0.5) is 5.82 Å². The predicted molar refractivity (Wildman–Crippen MR) is 130 cm³/mol. The van der Waals surface area contributed by atoms with Crippen LogP contribution in [0.3, 0.4) is 0 Å². The van der Waals surface area contributed by atoms with Gasteiger partial charge in [-0.3, -0.25) is 14.5 Å². The molecule has 1 aromatic rings. The van der Waals surface area contributed by atoms with Gasteiger partial charge in [0.1, 0.15) is 5.82 Å². The Hall–Kier alpha value is -1.88. The van der Waals surface area contributed by atoms with E-state index < -0.39 is 0 Å². The van der Waals surface area contributed by atoms with Crippen LogP contribution in [0.2, 0.25) is 0 Å². The number of fused-ring (bicyclic) bond motifs is 5. The number of anilines is 1. The third kappa shape index (κ3) is 3.45. The predicted octanol–water partition coefficient (Wildman–Crippen LogP) is 5.61. The number of hydrogen-bond donors (Lipinski definition) is 0. The molecule has 5 rings (SSSR count). The zero-order chi connectivity index (χ0) is 23.5. The first-order valence-corrected chi connectivity index (χ1v) is 12.9. The van der Waals surface area contributed by atoms with E-state index in [-0.39, 0.29) is 22.6 Å². The van der Waals surface area contributed by atoms with Gasteiger partial charge in [-0.2, -0.15) is 0 Å². The fourth-order valence-corrected chi connectivity index (χ4v) is 8.67. The fourth-order valence-electron chi connectivity index (χ4n) is 8.15. The minimum Gasteiger partial charge on any atom is -0.318 e. The highest BCUT2D eigenvalue weighted by molar-refractivity contribution is 6.30. The second-order valence-electron chi connectivity index (χ2n) is 11.4. The summed E-state index contributed by atoms with van der Waals surface area (Å²) in [6, 6.07) is 5.69. The Morgan fingerprint density at radius 3 is 2.73 bits per heavy atom. The number of carbonyl (C=O) groups excluding carboxylic acids is 2. The van der Waals surface area contributed by atoms with Crippen LogP contribution in [0, 0.1) is 34.5 Å². The molecule has 2 heterocycles. The van der Waals surface area contributed by atoms with Crippen molar-refractivity contribution in [1.82, 2.24) is 9.88 Å². The second kappa shape index (κ2) is 8.11. The number of rotatable bonds is 3. The van der Waals surface area contributed by atoms with Gasteiger partial charge in [0.15, 0.2) is 0 Å². The quantitative estimate of drug-likeness (QED) is 0.578. The van der Waals surface area contributed by atoms with Gasteiger partial charge in [-0.1, -0.05) is 31.5 Å². The maximum atomic E-state index is 13.2. The van der Waals surface area contributed by atoms with Gasteiger partial charge in [-0.15, -0.1) is 0 Å². The molecule has 6 atom stereocenters. The van der Waals surface area contributed by atoms with Crippen molar-refractivity contribution in [1.29, 1.82) is 0 Å². The molecule has 3 aliphatic carbocycles. The van der Waals surface area contributed by atoms with E-state index >= 15 is 0 Å². The number of nitrogens with zero attached hydrogens (tertiary/aromatic N) is 3. The average Bonchev–Trinajstić information content (AvgIpc) is 3.13. The Morgan fingerprint density at radius 1 is 1.21 bits per heavy atom. The van der Waals surface area contributed by atoms with E-state index in [2.05, 4.69) is 18.8 Å². The molecule has 1 saturated heterocycles. The second-order valence-corrected chi connectivity index (χ2v) is 11.8. The summed E-state index contributed by atoms with van der Waals surface area (Å²) < 4.78 is 0. The van der Waals surface area contributed by atoms with Crippen LogP contribution in [-0.4, -0.2) is 35.8 Å². The van der Waals surface area contributed by atoms with E-state index in [4.69, 9.17) is 11.6 Å². The largest absolute Gasteiger partial charge is 0.318 e. The molecule has 0 aromatic carbocycles. The minimum atomic E-state index is -0.0168. The molecule has 0 unspecified atom stereocenters. The van der Waals surface area contributed by atoms with E-state index in [9.17, 15) is 9.59 Å². The normalized spacial score (nSPS) is 38.0. The number of carbonyl (C=O) groups is 2. The Kier molecular flexibility index (Phi) is 5.63. The number of aromatic nitrogens is 1. The smallest absolute Gasteiger partial charge is 0.228 e. The number of likely N-dealkylation sites (tertiary alicyclic amines) is 1. The maximum Gasteiger partial charge on any atom is 0.228 e. The first kappa shape index (κ1) is 22.9.